The molecule has 0 spiro atoms. The zero-order valence-electron chi connectivity index (χ0n) is 35.3. The zero-order valence-corrected chi connectivity index (χ0v) is 35.3. The van der Waals surface area contributed by atoms with Gasteiger partial charge in [0.1, 0.15) is 12.6 Å². The lowest BCUT2D eigenvalue weighted by Crippen LogP contribution is -2.44. The van der Waals surface area contributed by atoms with Crippen molar-refractivity contribution in [2.24, 2.45) is 17.8 Å². The third-order valence-electron chi connectivity index (χ3n) is 9.72. The van der Waals surface area contributed by atoms with E-state index in [9.17, 15) is 14.4 Å². The van der Waals surface area contributed by atoms with E-state index < -0.39 is 18.0 Å². The number of amides is 1. The number of hydrogen-bond acceptors (Lipinski definition) is 9. The van der Waals surface area contributed by atoms with E-state index in [4.69, 9.17) is 28.4 Å². The van der Waals surface area contributed by atoms with Crippen LogP contribution in [0.4, 0.5) is 0 Å². The highest BCUT2D eigenvalue weighted by Crippen LogP contribution is 2.34. The van der Waals surface area contributed by atoms with Crippen molar-refractivity contribution in [3.63, 3.8) is 0 Å². The van der Waals surface area contributed by atoms with Crippen LogP contribution in [0.3, 0.4) is 0 Å². The van der Waals surface area contributed by atoms with Gasteiger partial charge in [0.25, 0.3) is 5.91 Å². The summed E-state index contributed by atoms with van der Waals surface area (Å²) in [5.41, 5.74) is 1.08. The fourth-order valence-electron chi connectivity index (χ4n) is 6.84. The van der Waals surface area contributed by atoms with Crippen LogP contribution in [0.5, 0.6) is 0 Å². The van der Waals surface area contributed by atoms with Crippen LogP contribution in [0.2, 0.25) is 0 Å². The van der Waals surface area contributed by atoms with E-state index >= 15 is 0 Å². The molecule has 7 atom stereocenters. The maximum Gasteiger partial charge on any atom is 0.309 e. The molecule has 0 aromatic carbocycles. The van der Waals surface area contributed by atoms with Crippen molar-refractivity contribution >= 4 is 17.7 Å². The van der Waals surface area contributed by atoms with E-state index in [2.05, 4.69) is 42.8 Å². The van der Waals surface area contributed by atoms with Crippen LogP contribution in [-0.4, -0.2) is 82.0 Å². The molecular formula is C44H73NO9. The summed E-state index contributed by atoms with van der Waals surface area (Å²) in [7, 11) is 3.21. The molecule has 10 nitrogen and oxygen atoms in total. The molecule has 308 valence electrons. The summed E-state index contributed by atoms with van der Waals surface area (Å²) in [6, 6.07) is 0. The van der Waals surface area contributed by atoms with Gasteiger partial charge in [0, 0.05) is 45.9 Å². The van der Waals surface area contributed by atoms with Gasteiger partial charge in [-0.2, -0.15) is 0 Å². The molecule has 0 bridgehead atoms. The van der Waals surface area contributed by atoms with Gasteiger partial charge in [-0.15, -0.1) is 17.8 Å². The van der Waals surface area contributed by atoms with Gasteiger partial charge >= 0.3 is 5.97 Å². The van der Waals surface area contributed by atoms with Gasteiger partial charge in [-0.3, -0.25) is 14.4 Å². The number of unbranched alkanes of at least 4 members (excludes halogenated alkanes) is 1. The number of esters is 1. The van der Waals surface area contributed by atoms with Gasteiger partial charge in [0.05, 0.1) is 30.8 Å². The van der Waals surface area contributed by atoms with Crippen LogP contribution < -0.4 is 5.32 Å². The summed E-state index contributed by atoms with van der Waals surface area (Å²) < 4.78 is 34.9. The number of Topliss-reactive ketones (excluding diaryl/α,β-unsaturated/α-hetero) is 1. The molecule has 10 heteroatoms. The molecule has 0 unspecified atom stereocenters. The molecule has 1 amide bonds. The van der Waals surface area contributed by atoms with E-state index in [1.165, 1.54) is 0 Å². The number of carbonyl (C=O) groups excluding carboxylic acids is 3. The Balaban J connectivity index is 2.67. The van der Waals surface area contributed by atoms with Crippen molar-refractivity contribution in [3.05, 3.63) is 11.6 Å². The van der Waals surface area contributed by atoms with Crippen LogP contribution in [0.25, 0.3) is 0 Å². The molecule has 0 aromatic rings. The first-order valence-electron chi connectivity index (χ1n) is 20.3. The lowest BCUT2D eigenvalue weighted by Gasteiger charge is -2.25. The highest BCUT2D eigenvalue weighted by atomic mass is 16.8. The van der Waals surface area contributed by atoms with Gasteiger partial charge in [-0.25, -0.2) is 0 Å². The molecule has 0 saturated carbocycles. The van der Waals surface area contributed by atoms with Gasteiger partial charge in [-0.05, 0) is 96.6 Å². The zero-order chi connectivity index (χ0) is 40.4. The lowest BCUT2D eigenvalue weighted by molar-refractivity contribution is -0.160. The van der Waals surface area contributed by atoms with Gasteiger partial charge in [0.15, 0.2) is 11.9 Å². The minimum atomic E-state index is -0.897. The number of nitrogens with one attached hydrogen (secondary N) is 1. The molecule has 0 aromatic heterocycles. The number of carbonyl (C=O) groups is 3. The minimum absolute atomic E-state index is 0.0481. The highest BCUT2D eigenvalue weighted by molar-refractivity contribution is 5.84. The largest absolute Gasteiger partial charge is 0.452 e. The van der Waals surface area contributed by atoms with E-state index in [0.29, 0.717) is 69.2 Å². The van der Waals surface area contributed by atoms with Crippen molar-refractivity contribution in [2.45, 2.75) is 175 Å². The number of methoxy groups -OCH3 is 2. The fourth-order valence-corrected chi connectivity index (χ4v) is 6.84. The van der Waals surface area contributed by atoms with E-state index in [1.807, 2.05) is 40.7 Å². The Bertz CT molecular complexity index is 1240. The standard InChI is InChI=1S/C44H73NO9/c1-11-15-22-36(31-49-9)26-27-39-41(54-44(7,8)53-39)29-38(51-32-50-10)30-45-42(47)40(20-13-3)52-43(48)34(6)28-33(5)21-16-17-24-37(46)25-18-23-35(14-4)19-12-2/h22,33-35,38-41H,13-14,16-18,20-21,23-32H2,1-10H3,(H,45,47)/b36-22-/t33-,34+,35+,38+,39-,40+,41+/m1/s1. The first-order chi connectivity index (χ1) is 25.8. The topological polar surface area (TPSA) is 119 Å². The number of hydrogen-bond donors (Lipinski definition) is 1. The van der Waals surface area contributed by atoms with E-state index in [1.54, 1.807) is 21.1 Å². The second kappa shape index (κ2) is 28.6. The van der Waals surface area contributed by atoms with Crippen molar-refractivity contribution in [1.29, 1.82) is 0 Å². The minimum Gasteiger partial charge on any atom is -0.452 e. The average Bonchev–Trinajstić information content (AvgIpc) is 3.43. The lowest BCUT2D eigenvalue weighted by atomic mass is 9.92. The Morgan fingerprint density at radius 1 is 0.907 bits per heavy atom. The van der Waals surface area contributed by atoms with Crippen LogP contribution >= 0.6 is 0 Å². The normalized spacial score (nSPS) is 19.3. The molecule has 1 rings (SSSR count). The molecule has 1 heterocycles. The number of ketones is 1. The van der Waals surface area contributed by atoms with E-state index in [0.717, 1.165) is 50.5 Å². The molecule has 1 N–H and O–H groups in total. The summed E-state index contributed by atoms with van der Waals surface area (Å²) >= 11 is 0. The Morgan fingerprint density at radius 3 is 2.28 bits per heavy atom. The Morgan fingerprint density at radius 2 is 1.63 bits per heavy atom. The summed E-state index contributed by atoms with van der Waals surface area (Å²) in [5, 5.41) is 2.96. The fraction of sp³-hybridized carbons (Fsp3) is 0.795. The number of rotatable bonds is 29. The summed E-state index contributed by atoms with van der Waals surface area (Å²) in [4.78, 5) is 38.9. The van der Waals surface area contributed by atoms with Crippen LogP contribution in [0.1, 0.15) is 145 Å². The maximum atomic E-state index is 13.4. The predicted molar refractivity (Wildman–Crippen MR) is 213 cm³/mol. The molecule has 0 radical (unpaired) electrons. The number of allylic oxidation sites excluding steroid dienone is 1. The molecule has 1 aliphatic heterocycles. The van der Waals surface area contributed by atoms with Crippen LogP contribution in [0, 0.1) is 41.4 Å². The highest BCUT2D eigenvalue weighted by Gasteiger charge is 2.42. The molecule has 0 aliphatic carbocycles. The quantitative estimate of drug-likeness (QED) is 0.0349. The molecular weight excluding hydrogens is 686 g/mol. The summed E-state index contributed by atoms with van der Waals surface area (Å²) in [6.45, 7) is 16.3. The Hall–Kier alpha value is -2.73. The molecule has 1 saturated heterocycles. The third-order valence-corrected chi connectivity index (χ3v) is 9.72. The Labute approximate surface area is 327 Å². The molecule has 1 aliphatic rings. The molecule has 54 heavy (non-hydrogen) atoms. The smallest absolute Gasteiger partial charge is 0.309 e. The van der Waals surface area contributed by atoms with Crippen LogP contribution in [0.15, 0.2) is 11.6 Å². The second-order valence-corrected chi connectivity index (χ2v) is 15.2. The van der Waals surface area contributed by atoms with Crippen LogP contribution in [-0.2, 0) is 42.8 Å². The van der Waals surface area contributed by atoms with Crippen molar-refractivity contribution < 1.29 is 42.8 Å². The van der Waals surface area contributed by atoms with Gasteiger partial charge < -0.3 is 33.7 Å². The van der Waals surface area contributed by atoms with E-state index in [-0.39, 0.29) is 43.3 Å². The Kier molecular flexibility index (Phi) is 26.1. The molecule has 1 fully saturated rings. The first kappa shape index (κ1) is 49.3. The first-order valence-corrected chi connectivity index (χ1v) is 20.3. The third kappa shape index (κ3) is 21.4. The summed E-state index contributed by atoms with van der Waals surface area (Å²) in [5.74, 6) is 11.3. The second-order valence-electron chi connectivity index (χ2n) is 15.2. The number of ether oxygens (including phenoxy) is 6. The van der Waals surface area contributed by atoms with Crippen molar-refractivity contribution in [1.82, 2.24) is 5.32 Å². The van der Waals surface area contributed by atoms with Crippen molar-refractivity contribution in [2.75, 3.05) is 34.2 Å². The average molecular weight is 760 g/mol. The van der Waals surface area contributed by atoms with Gasteiger partial charge in [0.2, 0.25) is 0 Å². The monoisotopic (exact) mass is 760 g/mol. The summed E-state index contributed by atoms with van der Waals surface area (Å²) in [6.07, 6.45) is 10.6. The maximum absolute atomic E-state index is 13.4. The van der Waals surface area contributed by atoms with Gasteiger partial charge in [-0.1, -0.05) is 52.9 Å². The SMILES string of the molecule is CC#C/C=C(/CC[C@H]1OC(C)(C)O[C@H]1C[C@@H](CNC(=O)[C@H](CCC)OC(=O)[C@@H](C)C[C@H](C)CCCCC(=O)CCC[C@H](C#CC)CC)OCOC)COC. The van der Waals surface area contributed by atoms with Crippen molar-refractivity contribution in [3.8, 4) is 23.7 Å². The predicted octanol–water partition coefficient (Wildman–Crippen LogP) is 8.10.